The minimum Gasteiger partial charge on any atom is -0.303 e. The number of phosphoric acid groups is 1. The van der Waals surface area contributed by atoms with Crippen molar-refractivity contribution in [3.05, 3.63) is 0 Å². The summed E-state index contributed by atoms with van der Waals surface area (Å²) < 4.78 is 78.9. The van der Waals surface area contributed by atoms with Crippen LogP contribution in [0.15, 0.2) is 0 Å². The molecule has 1 atom stereocenters. The lowest BCUT2D eigenvalue weighted by molar-refractivity contribution is -0.152. The second-order valence-electron chi connectivity index (χ2n) is 2.62. The van der Waals surface area contributed by atoms with Crippen molar-refractivity contribution >= 4 is 17.9 Å². The van der Waals surface area contributed by atoms with Gasteiger partial charge in [0.15, 0.2) is 6.61 Å². The van der Waals surface area contributed by atoms with E-state index in [1.165, 1.54) is 0 Å². The molecule has 12 heteroatoms. The predicted octanol–water partition coefficient (Wildman–Crippen LogP) is 0.659. The zero-order chi connectivity index (χ0) is 13.7. The SMILES string of the molecule is COP(=O)(O)OCCS(=O)(=O)OCC(F)(F)F. The summed E-state index contributed by atoms with van der Waals surface area (Å²) in [6, 6.07) is 0. The summed E-state index contributed by atoms with van der Waals surface area (Å²) in [7, 11) is -7.99. The van der Waals surface area contributed by atoms with E-state index in [0.717, 1.165) is 7.11 Å². The quantitative estimate of drug-likeness (QED) is 0.544. The van der Waals surface area contributed by atoms with Gasteiger partial charge in [-0.05, 0) is 0 Å². The zero-order valence-corrected chi connectivity index (χ0v) is 10.2. The fraction of sp³-hybridized carbons (Fsp3) is 1.00. The van der Waals surface area contributed by atoms with Crippen LogP contribution < -0.4 is 0 Å². The van der Waals surface area contributed by atoms with Gasteiger partial charge in [-0.25, -0.2) is 4.57 Å². The lowest BCUT2D eigenvalue weighted by Crippen LogP contribution is -2.23. The van der Waals surface area contributed by atoms with Gasteiger partial charge in [0.1, 0.15) is 0 Å². The van der Waals surface area contributed by atoms with Crippen LogP contribution in [0.4, 0.5) is 13.2 Å². The summed E-state index contributed by atoms with van der Waals surface area (Å²) >= 11 is 0. The highest BCUT2D eigenvalue weighted by molar-refractivity contribution is 7.86. The van der Waals surface area contributed by atoms with E-state index in [4.69, 9.17) is 4.89 Å². The van der Waals surface area contributed by atoms with Crippen molar-refractivity contribution in [2.45, 2.75) is 6.18 Å². The first-order valence-electron chi connectivity index (χ1n) is 3.94. The minimum atomic E-state index is -4.78. The zero-order valence-electron chi connectivity index (χ0n) is 8.51. The van der Waals surface area contributed by atoms with Crippen molar-refractivity contribution in [1.29, 1.82) is 0 Å². The third-order valence-electron chi connectivity index (χ3n) is 1.22. The average Bonchev–Trinajstić information content (AvgIpc) is 2.13. The van der Waals surface area contributed by atoms with Gasteiger partial charge in [-0.15, -0.1) is 0 Å². The van der Waals surface area contributed by atoms with E-state index in [-0.39, 0.29) is 0 Å². The van der Waals surface area contributed by atoms with Gasteiger partial charge in [-0.3, -0.25) is 13.2 Å². The molecule has 0 aromatic carbocycles. The Morgan fingerprint density at radius 2 is 1.88 bits per heavy atom. The highest BCUT2D eigenvalue weighted by Crippen LogP contribution is 2.41. The van der Waals surface area contributed by atoms with E-state index < -0.39 is 43.1 Å². The van der Waals surface area contributed by atoms with E-state index >= 15 is 0 Å². The van der Waals surface area contributed by atoms with Gasteiger partial charge < -0.3 is 4.89 Å². The van der Waals surface area contributed by atoms with Crippen molar-refractivity contribution in [3.63, 3.8) is 0 Å². The normalized spacial score (nSPS) is 16.8. The van der Waals surface area contributed by atoms with Gasteiger partial charge >= 0.3 is 14.0 Å². The maximum Gasteiger partial charge on any atom is 0.471 e. The fourth-order valence-corrected chi connectivity index (χ4v) is 1.79. The maximum atomic E-state index is 11.6. The van der Waals surface area contributed by atoms with E-state index in [0.29, 0.717) is 0 Å². The minimum absolute atomic E-state index is 0.832. The Morgan fingerprint density at radius 3 is 2.29 bits per heavy atom. The molecule has 104 valence electrons. The van der Waals surface area contributed by atoms with Gasteiger partial charge in [0.05, 0.1) is 12.4 Å². The van der Waals surface area contributed by atoms with Crippen molar-refractivity contribution in [1.82, 2.24) is 0 Å². The van der Waals surface area contributed by atoms with Crippen LogP contribution in [0.3, 0.4) is 0 Å². The molecule has 7 nitrogen and oxygen atoms in total. The molecule has 0 bridgehead atoms. The Balaban J connectivity index is 4.08. The van der Waals surface area contributed by atoms with Crippen LogP contribution in [0.25, 0.3) is 0 Å². The molecule has 0 aliphatic carbocycles. The Hall–Kier alpha value is -0.190. The van der Waals surface area contributed by atoms with Gasteiger partial charge in [-0.1, -0.05) is 0 Å². The molecular weight excluding hydrogens is 292 g/mol. The van der Waals surface area contributed by atoms with Crippen LogP contribution in [0.1, 0.15) is 0 Å². The molecule has 0 heterocycles. The Labute approximate surface area is 95.2 Å². The monoisotopic (exact) mass is 302 g/mol. The molecule has 0 saturated heterocycles. The highest BCUT2D eigenvalue weighted by Gasteiger charge is 2.31. The summed E-state index contributed by atoms with van der Waals surface area (Å²) in [5.74, 6) is -1.00. The van der Waals surface area contributed by atoms with Gasteiger partial charge in [0, 0.05) is 7.11 Å². The number of halogens is 3. The Morgan fingerprint density at radius 1 is 1.35 bits per heavy atom. The van der Waals surface area contributed by atoms with Crippen LogP contribution in [0.2, 0.25) is 0 Å². The molecule has 17 heavy (non-hydrogen) atoms. The van der Waals surface area contributed by atoms with Crippen LogP contribution >= 0.6 is 7.82 Å². The molecule has 0 aromatic rings. The molecule has 0 spiro atoms. The lowest BCUT2D eigenvalue weighted by Gasteiger charge is -2.10. The molecule has 1 N–H and O–H groups in total. The number of rotatable bonds is 7. The maximum absolute atomic E-state index is 11.6. The Kier molecular flexibility index (Phi) is 6.05. The first-order valence-corrected chi connectivity index (χ1v) is 7.02. The standard InChI is InChI=1S/C5H10F3O7PS/c1-13-16(9,10)14-2-3-17(11,12)15-4-5(6,7)8/h2-4H2,1H3,(H,9,10). The van der Waals surface area contributed by atoms with Crippen molar-refractivity contribution in [3.8, 4) is 0 Å². The molecule has 0 rings (SSSR count). The molecular formula is C5H10F3O7PS. The predicted molar refractivity (Wildman–Crippen MR) is 48.6 cm³/mol. The van der Waals surface area contributed by atoms with Crippen molar-refractivity contribution < 1.29 is 44.3 Å². The van der Waals surface area contributed by atoms with Crippen LogP contribution in [-0.4, -0.2) is 45.6 Å². The molecule has 1 unspecified atom stereocenters. The number of hydrogen-bond donors (Lipinski definition) is 1. The van der Waals surface area contributed by atoms with E-state index in [2.05, 4.69) is 13.2 Å². The second-order valence-corrected chi connectivity index (χ2v) is 5.94. The Bertz CT molecular complexity index is 377. The summed E-state index contributed by atoms with van der Waals surface area (Å²) in [4.78, 5) is 8.67. The topological polar surface area (TPSA) is 99.1 Å². The molecule has 0 radical (unpaired) electrons. The molecule has 0 aliphatic rings. The lowest BCUT2D eigenvalue weighted by atomic mass is 10.7. The molecule has 0 aromatic heterocycles. The van der Waals surface area contributed by atoms with Crippen LogP contribution in [0.5, 0.6) is 0 Å². The first-order chi connectivity index (χ1) is 7.47. The summed E-state index contributed by atoms with van der Waals surface area (Å²) in [6.07, 6.45) is -4.78. The third kappa shape index (κ3) is 9.51. The van der Waals surface area contributed by atoms with Crippen molar-refractivity contribution in [2.75, 3.05) is 26.1 Å². The van der Waals surface area contributed by atoms with Gasteiger partial charge in [0.2, 0.25) is 0 Å². The fourth-order valence-electron chi connectivity index (χ4n) is 0.523. The molecule has 0 amide bonds. The van der Waals surface area contributed by atoms with Gasteiger partial charge in [-0.2, -0.15) is 21.6 Å². The van der Waals surface area contributed by atoms with Gasteiger partial charge in [0.25, 0.3) is 10.1 Å². The summed E-state index contributed by atoms with van der Waals surface area (Å²) in [6.45, 7) is -2.79. The molecule has 0 aliphatic heterocycles. The number of phosphoric ester groups is 1. The van der Waals surface area contributed by atoms with Crippen molar-refractivity contribution in [2.24, 2.45) is 0 Å². The van der Waals surface area contributed by atoms with E-state index in [1.807, 2.05) is 0 Å². The second kappa shape index (κ2) is 6.12. The molecule has 0 saturated carbocycles. The third-order valence-corrected chi connectivity index (χ3v) is 3.33. The summed E-state index contributed by atoms with van der Waals surface area (Å²) in [5, 5.41) is 0. The number of hydrogen-bond acceptors (Lipinski definition) is 6. The average molecular weight is 302 g/mol. The largest absolute Gasteiger partial charge is 0.471 e. The smallest absolute Gasteiger partial charge is 0.303 e. The number of alkyl halides is 3. The van der Waals surface area contributed by atoms with E-state index in [1.54, 1.807) is 0 Å². The van der Waals surface area contributed by atoms with Crippen LogP contribution in [-0.2, 0) is 27.9 Å². The first kappa shape index (κ1) is 16.8. The molecule has 0 fully saturated rings. The van der Waals surface area contributed by atoms with Crippen LogP contribution in [0, 0.1) is 0 Å². The summed E-state index contributed by atoms with van der Waals surface area (Å²) in [5.41, 5.74) is 0. The van der Waals surface area contributed by atoms with E-state index in [9.17, 15) is 26.2 Å². The highest BCUT2D eigenvalue weighted by atomic mass is 32.2.